The van der Waals surface area contributed by atoms with Gasteiger partial charge in [-0.15, -0.1) is 5.10 Å². The molecule has 0 unspecified atom stereocenters. The van der Waals surface area contributed by atoms with Crippen LogP contribution in [0.25, 0.3) is 5.52 Å². The Morgan fingerprint density at radius 1 is 1.33 bits per heavy atom. The average molecular weight is 182 g/mol. The molecule has 2 heterocycles. The van der Waals surface area contributed by atoms with Crippen LogP contribution in [0.4, 0.5) is 0 Å². The van der Waals surface area contributed by atoms with Gasteiger partial charge in [-0.25, -0.2) is 9.50 Å². The van der Waals surface area contributed by atoms with Crippen molar-refractivity contribution in [3.8, 4) is 0 Å². The van der Waals surface area contributed by atoms with E-state index in [4.69, 9.17) is 11.6 Å². The van der Waals surface area contributed by atoms with Gasteiger partial charge in [0.25, 0.3) is 0 Å². The van der Waals surface area contributed by atoms with Crippen LogP contribution in [-0.4, -0.2) is 14.6 Å². The topological polar surface area (TPSA) is 30.2 Å². The summed E-state index contributed by atoms with van der Waals surface area (Å²) in [6.45, 7) is 3.90. The van der Waals surface area contributed by atoms with Crippen LogP contribution in [0.2, 0.25) is 5.28 Å². The van der Waals surface area contributed by atoms with Crippen LogP contribution in [-0.2, 0) is 0 Å². The van der Waals surface area contributed by atoms with Crippen LogP contribution in [0.5, 0.6) is 0 Å². The zero-order chi connectivity index (χ0) is 8.72. The number of fused-ring (bicyclic) bond motifs is 1. The molecule has 0 bridgehead atoms. The van der Waals surface area contributed by atoms with Crippen LogP contribution in [0.1, 0.15) is 11.4 Å². The van der Waals surface area contributed by atoms with Crippen LogP contribution in [0, 0.1) is 13.8 Å². The van der Waals surface area contributed by atoms with Crippen molar-refractivity contribution >= 4 is 17.1 Å². The molecular weight excluding hydrogens is 174 g/mol. The van der Waals surface area contributed by atoms with Gasteiger partial charge in [0, 0.05) is 5.69 Å². The predicted molar refractivity (Wildman–Crippen MR) is 47.5 cm³/mol. The minimum absolute atomic E-state index is 0.291. The molecule has 0 N–H and O–H groups in total. The van der Waals surface area contributed by atoms with Gasteiger partial charge < -0.3 is 0 Å². The van der Waals surface area contributed by atoms with E-state index in [-0.39, 0.29) is 0 Å². The highest BCUT2D eigenvalue weighted by atomic mass is 35.5. The van der Waals surface area contributed by atoms with E-state index in [1.807, 2.05) is 26.0 Å². The highest BCUT2D eigenvalue weighted by Crippen LogP contribution is 2.12. The van der Waals surface area contributed by atoms with Crippen molar-refractivity contribution in [1.82, 2.24) is 14.6 Å². The lowest BCUT2D eigenvalue weighted by Crippen LogP contribution is -1.98. The predicted octanol–water partition coefficient (Wildman–Crippen LogP) is 2.00. The maximum absolute atomic E-state index is 5.71. The van der Waals surface area contributed by atoms with E-state index in [0.717, 1.165) is 16.9 Å². The van der Waals surface area contributed by atoms with Gasteiger partial charge in [0.05, 0.1) is 11.2 Å². The van der Waals surface area contributed by atoms with Gasteiger partial charge in [-0.2, -0.15) is 0 Å². The van der Waals surface area contributed by atoms with Gasteiger partial charge >= 0.3 is 0 Å². The largest absolute Gasteiger partial charge is 0.241 e. The van der Waals surface area contributed by atoms with Crippen molar-refractivity contribution in [2.75, 3.05) is 0 Å². The molecule has 0 aliphatic heterocycles. The molecule has 0 fully saturated rings. The first-order valence-electron chi connectivity index (χ1n) is 3.67. The van der Waals surface area contributed by atoms with E-state index in [1.165, 1.54) is 0 Å². The number of halogens is 1. The lowest BCUT2D eigenvalue weighted by Gasteiger charge is -1.99. The smallest absolute Gasteiger partial charge is 0.233 e. The molecule has 0 aliphatic rings. The second-order valence-corrected chi connectivity index (χ2v) is 3.08. The fraction of sp³-hybridized carbons (Fsp3) is 0.250. The first-order valence-corrected chi connectivity index (χ1v) is 4.05. The molecule has 0 atom stereocenters. The molecular formula is C8H8ClN3. The number of hydrogen-bond donors (Lipinski definition) is 0. The molecule has 0 aliphatic carbocycles. The van der Waals surface area contributed by atoms with Crippen molar-refractivity contribution in [2.24, 2.45) is 0 Å². The lowest BCUT2D eigenvalue weighted by molar-refractivity contribution is 0.860. The third-order valence-electron chi connectivity index (χ3n) is 1.86. The third-order valence-corrected chi connectivity index (χ3v) is 2.02. The molecule has 0 spiro atoms. The molecule has 0 radical (unpaired) electrons. The van der Waals surface area contributed by atoms with Crippen molar-refractivity contribution in [3.63, 3.8) is 0 Å². The zero-order valence-corrected chi connectivity index (χ0v) is 7.63. The molecule has 62 valence electrons. The maximum Gasteiger partial charge on any atom is 0.241 e. The Hall–Kier alpha value is -1.09. The standard InChI is InChI=1S/C8H8ClN3/c1-5-3-4-7-6(2)10-8(9)11-12(5)7/h3-4H,1-2H3. The summed E-state index contributed by atoms with van der Waals surface area (Å²) in [7, 11) is 0. The highest BCUT2D eigenvalue weighted by molar-refractivity contribution is 6.28. The minimum Gasteiger partial charge on any atom is -0.233 e. The number of aryl methyl sites for hydroxylation is 2. The monoisotopic (exact) mass is 181 g/mol. The van der Waals surface area contributed by atoms with Crippen molar-refractivity contribution in [3.05, 3.63) is 28.8 Å². The van der Waals surface area contributed by atoms with E-state index in [0.29, 0.717) is 5.28 Å². The van der Waals surface area contributed by atoms with Crippen LogP contribution in [0.15, 0.2) is 12.1 Å². The highest BCUT2D eigenvalue weighted by Gasteiger charge is 2.03. The molecule has 0 saturated carbocycles. The van der Waals surface area contributed by atoms with Crippen molar-refractivity contribution < 1.29 is 0 Å². The summed E-state index contributed by atoms with van der Waals surface area (Å²) in [5, 5.41) is 4.36. The Morgan fingerprint density at radius 2 is 2.08 bits per heavy atom. The van der Waals surface area contributed by atoms with Gasteiger partial charge in [-0.3, -0.25) is 0 Å². The summed E-state index contributed by atoms with van der Waals surface area (Å²) < 4.78 is 1.80. The lowest BCUT2D eigenvalue weighted by atomic mass is 10.4. The zero-order valence-electron chi connectivity index (χ0n) is 6.87. The Balaban J connectivity index is 2.92. The minimum atomic E-state index is 0.291. The summed E-state index contributed by atoms with van der Waals surface area (Å²) in [5.74, 6) is 0. The van der Waals surface area contributed by atoms with Gasteiger partial charge in [0.2, 0.25) is 5.28 Å². The first-order chi connectivity index (χ1) is 5.68. The van der Waals surface area contributed by atoms with E-state index in [9.17, 15) is 0 Å². The molecule has 2 aromatic rings. The average Bonchev–Trinajstić information content (AvgIpc) is 2.33. The Labute approximate surface area is 75.0 Å². The Kier molecular flexibility index (Phi) is 1.54. The van der Waals surface area contributed by atoms with E-state index >= 15 is 0 Å². The van der Waals surface area contributed by atoms with E-state index in [2.05, 4.69) is 10.1 Å². The van der Waals surface area contributed by atoms with E-state index in [1.54, 1.807) is 4.52 Å². The van der Waals surface area contributed by atoms with Crippen LogP contribution in [0.3, 0.4) is 0 Å². The van der Waals surface area contributed by atoms with Crippen LogP contribution < -0.4 is 0 Å². The normalized spacial score (nSPS) is 10.9. The van der Waals surface area contributed by atoms with Gasteiger partial charge in [-0.05, 0) is 37.6 Å². The second kappa shape index (κ2) is 2.45. The summed E-state index contributed by atoms with van der Waals surface area (Å²) in [6.07, 6.45) is 0. The fourth-order valence-electron chi connectivity index (χ4n) is 1.24. The molecule has 4 heteroatoms. The molecule has 0 aromatic carbocycles. The molecule has 2 rings (SSSR count). The van der Waals surface area contributed by atoms with Gasteiger partial charge in [-0.1, -0.05) is 0 Å². The van der Waals surface area contributed by atoms with E-state index < -0.39 is 0 Å². The third kappa shape index (κ3) is 0.975. The Bertz CT molecular complexity index is 433. The molecule has 3 nitrogen and oxygen atoms in total. The number of hydrogen-bond acceptors (Lipinski definition) is 2. The maximum atomic E-state index is 5.71. The molecule has 2 aromatic heterocycles. The first kappa shape index (κ1) is 7.55. The Morgan fingerprint density at radius 3 is 2.83 bits per heavy atom. The summed E-state index contributed by atoms with van der Waals surface area (Å²) in [4.78, 5) is 4.05. The molecule has 0 saturated heterocycles. The summed E-state index contributed by atoms with van der Waals surface area (Å²) >= 11 is 5.71. The molecule has 0 amide bonds. The van der Waals surface area contributed by atoms with Crippen molar-refractivity contribution in [1.29, 1.82) is 0 Å². The number of nitrogens with zero attached hydrogens (tertiary/aromatic N) is 3. The van der Waals surface area contributed by atoms with Crippen molar-refractivity contribution in [2.45, 2.75) is 13.8 Å². The van der Waals surface area contributed by atoms with Crippen LogP contribution >= 0.6 is 11.6 Å². The number of aromatic nitrogens is 3. The van der Waals surface area contributed by atoms with Gasteiger partial charge in [0.15, 0.2) is 0 Å². The summed E-state index contributed by atoms with van der Waals surface area (Å²) in [5.41, 5.74) is 2.98. The van der Waals surface area contributed by atoms with Gasteiger partial charge in [0.1, 0.15) is 0 Å². The fourth-order valence-corrected chi connectivity index (χ4v) is 1.44. The second-order valence-electron chi connectivity index (χ2n) is 2.74. The number of rotatable bonds is 0. The SMILES string of the molecule is Cc1nc(Cl)nn2c(C)ccc12. The quantitative estimate of drug-likeness (QED) is 0.622. The molecule has 12 heavy (non-hydrogen) atoms. The summed E-state index contributed by atoms with van der Waals surface area (Å²) in [6, 6.07) is 3.98.